The van der Waals surface area contributed by atoms with Gasteiger partial charge in [-0.1, -0.05) is 0 Å². The Bertz CT molecular complexity index is 195. The van der Waals surface area contributed by atoms with Gasteiger partial charge in [0.05, 0.1) is 12.6 Å². The van der Waals surface area contributed by atoms with Crippen molar-refractivity contribution in [2.24, 2.45) is 9.98 Å². The van der Waals surface area contributed by atoms with Gasteiger partial charge < -0.3 is 9.64 Å². The third-order valence-corrected chi connectivity index (χ3v) is 2.25. The molecule has 100 valence electrons. The van der Waals surface area contributed by atoms with E-state index in [2.05, 4.69) is 35.0 Å². The standard InChI is InChI=1S/C8H17N3.C5H10O/c1-4-9-8-10-6-5-7-11(2)3;1-2-4-6-5-3-1/h4-7H2,1-3H3;1-5H2. The first-order valence-corrected chi connectivity index (χ1v) is 6.57. The average Bonchev–Trinajstić information content (AvgIpc) is 2.36. The molecule has 1 aliphatic heterocycles. The van der Waals surface area contributed by atoms with Gasteiger partial charge in [0.15, 0.2) is 0 Å². The summed E-state index contributed by atoms with van der Waals surface area (Å²) in [5, 5.41) is 0. The van der Waals surface area contributed by atoms with Gasteiger partial charge in [-0.3, -0.25) is 0 Å². The van der Waals surface area contributed by atoms with E-state index in [1.54, 1.807) is 0 Å². The predicted molar refractivity (Wildman–Crippen MR) is 73.1 cm³/mol. The summed E-state index contributed by atoms with van der Waals surface area (Å²) in [4.78, 5) is 9.99. The summed E-state index contributed by atoms with van der Waals surface area (Å²) in [6, 6.07) is 2.64. The Morgan fingerprint density at radius 2 is 1.82 bits per heavy atom. The molecule has 0 radical (unpaired) electrons. The van der Waals surface area contributed by atoms with Crippen LogP contribution in [0.3, 0.4) is 0 Å². The van der Waals surface area contributed by atoms with E-state index < -0.39 is 0 Å². The highest BCUT2D eigenvalue weighted by molar-refractivity contribution is 5.40. The van der Waals surface area contributed by atoms with Crippen LogP contribution in [0, 0.1) is 0 Å². The first kappa shape index (κ1) is 16.3. The van der Waals surface area contributed by atoms with Gasteiger partial charge in [-0.2, -0.15) is 0 Å². The molecule has 1 aliphatic rings. The zero-order valence-electron chi connectivity index (χ0n) is 11.6. The second-order valence-corrected chi connectivity index (χ2v) is 4.29. The van der Waals surface area contributed by atoms with Gasteiger partial charge in [0, 0.05) is 19.8 Å². The summed E-state index contributed by atoms with van der Waals surface area (Å²) in [6.07, 6.45) is 5.01. The Balaban J connectivity index is 0.000000354. The lowest BCUT2D eigenvalue weighted by Crippen LogP contribution is -2.13. The average molecular weight is 241 g/mol. The fraction of sp³-hybridized carbons (Fsp3) is 0.923. The maximum Gasteiger partial charge on any atom is 0.0892 e. The van der Waals surface area contributed by atoms with Crippen LogP contribution >= 0.6 is 0 Å². The minimum atomic E-state index is 0.775. The summed E-state index contributed by atoms with van der Waals surface area (Å²) in [5.41, 5.74) is 0. The van der Waals surface area contributed by atoms with Gasteiger partial charge in [0.2, 0.25) is 0 Å². The third-order valence-electron chi connectivity index (χ3n) is 2.25. The lowest BCUT2D eigenvalue weighted by atomic mass is 10.2. The van der Waals surface area contributed by atoms with Crippen molar-refractivity contribution in [3.8, 4) is 0 Å². The maximum absolute atomic E-state index is 5.07. The molecule has 0 unspecified atom stereocenters. The second kappa shape index (κ2) is 13.4. The van der Waals surface area contributed by atoms with Gasteiger partial charge >= 0.3 is 0 Å². The largest absolute Gasteiger partial charge is 0.381 e. The Kier molecular flexibility index (Phi) is 12.8. The van der Waals surface area contributed by atoms with Gasteiger partial charge in [0.1, 0.15) is 0 Å². The van der Waals surface area contributed by atoms with E-state index in [4.69, 9.17) is 4.74 Å². The van der Waals surface area contributed by atoms with E-state index in [-0.39, 0.29) is 0 Å². The molecule has 0 bridgehead atoms. The Labute approximate surface area is 106 Å². The fourth-order valence-electron chi connectivity index (χ4n) is 1.32. The van der Waals surface area contributed by atoms with E-state index in [0.29, 0.717) is 0 Å². The van der Waals surface area contributed by atoms with Crippen LogP contribution in [-0.2, 0) is 4.74 Å². The number of rotatable bonds is 5. The van der Waals surface area contributed by atoms with Crippen molar-refractivity contribution in [1.82, 2.24) is 4.90 Å². The van der Waals surface area contributed by atoms with E-state index >= 15 is 0 Å². The zero-order valence-corrected chi connectivity index (χ0v) is 11.6. The van der Waals surface area contributed by atoms with Crippen molar-refractivity contribution < 1.29 is 4.74 Å². The molecule has 1 fully saturated rings. The van der Waals surface area contributed by atoms with Gasteiger partial charge in [0.25, 0.3) is 0 Å². The van der Waals surface area contributed by atoms with Crippen molar-refractivity contribution >= 4 is 6.01 Å². The number of ether oxygens (including phenoxy) is 1. The second-order valence-electron chi connectivity index (χ2n) is 4.29. The molecule has 1 heterocycles. The summed E-state index contributed by atoms with van der Waals surface area (Å²) < 4.78 is 5.07. The molecule has 0 atom stereocenters. The quantitative estimate of drug-likeness (QED) is 0.547. The Hall–Kier alpha value is -0.700. The van der Waals surface area contributed by atoms with Crippen LogP contribution in [0.5, 0.6) is 0 Å². The Morgan fingerprint density at radius 1 is 1.12 bits per heavy atom. The highest BCUT2D eigenvalue weighted by Gasteiger charge is 1.95. The minimum absolute atomic E-state index is 0.775. The highest BCUT2D eigenvalue weighted by atomic mass is 16.5. The molecular weight excluding hydrogens is 214 g/mol. The summed E-state index contributed by atoms with van der Waals surface area (Å²) >= 11 is 0. The topological polar surface area (TPSA) is 37.2 Å². The van der Waals surface area contributed by atoms with Crippen LogP contribution in [-0.4, -0.2) is 57.9 Å². The molecule has 0 spiro atoms. The lowest BCUT2D eigenvalue weighted by molar-refractivity contribution is 0.0968. The molecule has 0 aliphatic carbocycles. The molecule has 17 heavy (non-hydrogen) atoms. The summed E-state index contributed by atoms with van der Waals surface area (Å²) in [7, 11) is 4.12. The Morgan fingerprint density at radius 3 is 2.24 bits per heavy atom. The first-order valence-electron chi connectivity index (χ1n) is 6.57. The van der Waals surface area contributed by atoms with E-state index in [9.17, 15) is 0 Å². The van der Waals surface area contributed by atoms with Crippen LogP contribution in [0.15, 0.2) is 9.98 Å². The minimum Gasteiger partial charge on any atom is -0.381 e. The molecule has 1 saturated heterocycles. The van der Waals surface area contributed by atoms with Crippen molar-refractivity contribution in [1.29, 1.82) is 0 Å². The smallest absolute Gasteiger partial charge is 0.0892 e. The maximum atomic E-state index is 5.07. The van der Waals surface area contributed by atoms with Crippen LogP contribution in [0.25, 0.3) is 0 Å². The molecule has 0 N–H and O–H groups in total. The number of nitrogens with zero attached hydrogens (tertiary/aromatic N) is 3. The molecule has 0 saturated carbocycles. The fourth-order valence-corrected chi connectivity index (χ4v) is 1.32. The van der Waals surface area contributed by atoms with E-state index in [0.717, 1.165) is 39.3 Å². The van der Waals surface area contributed by atoms with Crippen molar-refractivity contribution in [3.05, 3.63) is 0 Å². The number of hydrogen-bond acceptors (Lipinski definition) is 4. The van der Waals surface area contributed by atoms with Crippen molar-refractivity contribution in [3.63, 3.8) is 0 Å². The highest BCUT2D eigenvalue weighted by Crippen LogP contribution is 2.02. The lowest BCUT2D eigenvalue weighted by Gasteiger charge is -2.08. The van der Waals surface area contributed by atoms with Crippen molar-refractivity contribution in [2.45, 2.75) is 32.6 Å². The van der Waals surface area contributed by atoms with Crippen molar-refractivity contribution in [2.75, 3.05) is 46.9 Å². The third kappa shape index (κ3) is 15.3. The molecule has 0 aromatic carbocycles. The van der Waals surface area contributed by atoms with E-state index in [1.165, 1.54) is 19.3 Å². The van der Waals surface area contributed by atoms with Gasteiger partial charge in [-0.05, 0) is 53.2 Å². The molecule has 4 nitrogen and oxygen atoms in total. The van der Waals surface area contributed by atoms with Gasteiger partial charge in [-0.25, -0.2) is 9.98 Å². The summed E-state index contributed by atoms with van der Waals surface area (Å²) in [5.74, 6) is 0. The molecule has 0 aromatic heterocycles. The van der Waals surface area contributed by atoms with Gasteiger partial charge in [-0.15, -0.1) is 0 Å². The van der Waals surface area contributed by atoms with Crippen LogP contribution in [0.1, 0.15) is 32.6 Å². The first-order chi connectivity index (χ1) is 8.27. The normalized spacial score (nSPS) is 14.6. The summed E-state index contributed by atoms with van der Waals surface area (Å²) in [6.45, 7) is 6.67. The predicted octanol–water partition coefficient (Wildman–Crippen LogP) is 2.32. The van der Waals surface area contributed by atoms with Crippen LogP contribution in [0.2, 0.25) is 0 Å². The SMILES string of the molecule is C1CCOCC1.CCN=C=NCCCN(C)C. The molecule has 0 aromatic rings. The molecular formula is C13H27N3O. The number of aliphatic imine (C=N–C) groups is 2. The molecule has 4 heteroatoms. The zero-order chi connectivity index (χ0) is 12.8. The molecule has 0 amide bonds. The van der Waals surface area contributed by atoms with E-state index in [1.807, 2.05) is 6.92 Å². The van der Waals surface area contributed by atoms with Crippen LogP contribution in [0.4, 0.5) is 0 Å². The molecule has 1 rings (SSSR count). The number of hydrogen-bond donors (Lipinski definition) is 0. The van der Waals surface area contributed by atoms with Crippen LogP contribution < -0.4 is 0 Å². The monoisotopic (exact) mass is 241 g/mol.